The topological polar surface area (TPSA) is 29.1 Å². The van der Waals surface area contributed by atoms with Crippen molar-refractivity contribution in [1.82, 2.24) is 5.32 Å². The van der Waals surface area contributed by atoms with E-state index in [1.54, 1.807) is 17.8 Å². The lowest BCUT2D eigenvalue weighted by Crippen LogP contribution is -2.16. The molecule has 3 rings (SSSR count). The summed E-state index contributed by atoms with van der Waals surface area (Å²) in [5.74, 6) is 0.521. The van der Waals surface area contributed by atoms with Crippen LogP contribution in [0.5, 0.6) is 0 Å². The normalized spacial score (nSPS) is 14.0. The number of ketones is 1. The maximum atomic E-state index is 14.5. The van der Waals surface area contributed by atoms with Gasteiger partial charge in [0.15, 0.2) is 5.78 Å². The Hall–Kier alpha value is -1.36. The van der Waals surface area contributed by atoms with Crippen molar-refractivity contribution in [3.63, 3.8) is 0 Å². The molecule has 2 nitrogen and oxygen atoms in total. The van der Waals surface area contributed by atoms with Crippen LogP contribution < -0.4 is 5.32 Å². The van der Waals surface area contributed by atoms with Crippen molar-refractivity contribution in [2.75, 3.05) is 13.1 Å². The fraction of sp³-hybridized carbons (Fsp3) is 0.435. The predicted molar refractivity (Wildman–Crippen MR) is 116 cm³/mol. The van der Waals surface area contributed by atoms with Crippen LogP contribution in [0.25, 0.3) is 0 Å². The van der Waals surface area contributed by atoms with Crippen LogP contribution >= 0.6 is 23.4 Å². The number of halogens is 2. The minimum absolute atomic E-state index is 0.116. The average Bonchev–Trinajstić information content (AvgIpc) is 2.91. The monoisotopic (exact) mass is 419 g/mol. The van der Waals surface area contributed by atoms with Crippen LogP contribution in [0, 0.1) is 11.7 Å². The molecule has 28 heavy (non-hydrogen) atoms. The lowest BCUT2D eigenvalue weighted by atomic mass is 10.0. The molecule has 0 aliphatic carbocycles. The first kappa shape index (κ1) is 21.4. The maximum absolute atomic E-state index is 14.5. The molecule has 0 aromatic heterocycles. The molecule has 5 heteroatoms. The number of hydrogen-bond acceptors (Lipinski definition) is 3. The number of fused-ring (bicyclic) bond motifs is 1. The third-order valence-electron chi connectivity index (χ3n) is 5.10. The Morgan fingerprint density at radius 1 is 1.21 bits per heavy atom. The van der Waals surface area contributed by atoms with Gasteiger partial charge >= 0.3 is 0 Å². The quantitative estimate of drug-likeness (QED) is 0.435. The van der Waals surface area contributed by atoms with Crippen LogP contribution in [0.4, 0.5) is 4.39 Å². The molecule has 0 spiro atoms. The lowest BCUT2D eigenvalue weighted by Gasteiger charge is -2.14. The van der Waals surface area contributed by atoms with Gasteiger partial charge < -0.3 is 5.32 Å². The molecule has 0 saturated heterocycles. The third kappa shape index (κ3) is 5.37. The van der Waals surface area contributed by atoms with E-state index in [-0.39, 0.29) is 11.3 Å². The zero-order valence-corrected chi connectivity index (χ0v) is 18.1. The van der Waals surface area contributed by atoms with Gasteiger partial charge in [-0.3, -0.25) is 4.79 Å². The van der Waals surface area contributed by atoms with E-state index in [0.717, 1.165) is 47.8 Å². The van der Waals surface area contributed by atoms with E-state index in [1.165, 1.54) is 17.2 Å². The van der Waals surface area contributed by atoms with Gasteiger partial charge in [0.2, 0.25) is 0 Å². The number of nitrogens with one attached hydrogen (secondary N) is 1. The average molecular weight is 420 g/mol. The molecule has 1 heterocycles. The molecule has 0 saturated carbocycles. The fourth-order valence-electron chi connectivity index (χ4n) is 3.45. The molecule has 0 amide bonds. The van der Waals surface area contributed by atoms with E-state index in [4.69, 9.17) is 11.6 Å². The van der Waals surface area contributed by atoms with E-state index < -0.39 is 5.82 Å². The summed E-state index contributed by atoms with van der Waals surface area (Å²) >= 11 is 8.13. The Bertz CT molecular complexity index is 853. The highest BCUT2D eigenvalue weighted by Crippen LogP contribution is 2.36. The Labute approximate surface area is 176 Å². The van der Waals surface area contributed by atoms with Gasteiger partial charge in [-0.15, -0.1) is 11.8 Å². The van der Waals surface area contributed by atoms with Crippen molar-refractivity contribution in [1.29, 1.82) is 0 Å². The molecule has 150 valence electrons. The summed E-state index contributed by atoms with van der Waals surface area (Å²) in [7, 11) is 0. The van der Waals surface area contributed by atoms with Gasteiger partial charge in [0.25, 0.3) is 0 Å². The Morgan fingerprint density at radius 3 is 2.75 bits per heavy atom. The minimum atomic E-state index is -0.422. The van der Waals surface area contributed by atoms with Crippen molar-refractivity contribution < 1.29 is 9.18 Å². The third-order valence-corrected chi connectivity index (χ3v) is 6.76. The first-order valence-corrected chi connectivity index (χ1v) is 11.3. The number of Topliss-reactive ketones (excluding diaryl/α,β-unsaturated/α-hetero) is 1. The van der Waals surface area contributed by atoms with E-state index in [9.17, 15) is 9.18 Å². The zero-order chi connectivity index (χ0) is 20.1. The van der Waals surface area contributed by atoms with Gasteiger partial charge in [0, 0.05) is 17.1 Å². The smallest absolute Gasteiger partial charge is 0.165 e. The standard InChI is InChI=1S/C23H27ClFNOS/c1-15(2)3-8-22(27)19-6-4-16(13-21(19)25)14-28-23-18-10-12-26-11-9-17(18)5-7-20(23)24/h4-7,13,15,26H,3,8-12,14H2,1-2H3. The second kappa shape index (κ2) is 9.91. The van der Waals surface area contributed by atoms with Gasteiger partial charge in [0.1, 0.15) is 5.82 Å². The molecule has 0 radical (unpaired) electrons. The summed E-state index contributed by atoms with van der Waals surface area (Å²) in [5, 5.41) is 4.18. The van der Waals surface area contributed by atoms with E-state index >= 15 is 0 Å². The molecule has 2 aromatic carbocycles. The summed E-state index contributed by atoms with van der Waals surface area (Å²) in [5.41, 5.74) is 3.72. The van der Waals surface area contributed by atoms with Crippen LogP contribution in [-0.2, 0) is 18.6 Å². The zero-order valence-electron chi connectivity index (χ0n) is 16.5. The summed E-state index contributed by atoms with van der Waals surface area (Å²) in [4.78, 5) is 13.3. The van der Waals surface area contributed by atoms with Crippen LogP contribution in [-0.4, -0.2) is 18.9 Å². The van der Waals surface area contributed by atoms with Crippen LogP contribution in [0.2, 0.25) is 5.02 Å². The minimum Gasteiger partial charge on any atom is -0.316 e. The fourth-order valence-corrected chi connectivity index (χ4v) is 4.89. The summed E-state index contributed by atoms with van der Waals surface area (Å²) in [6, 6.07) is 9.06. The number of benzene rings is 2. The van der Waals surface area contributed by atoms with Crippen molar-refractivity contribution in [3.8, 4) is 0 Å². The molecule has 0 fully saturated rings. The van der Waals surface area contributed by atoms with Gasteiger partial charge in [-0.2, -0.15) is 0 Å². The maximum Gasteiger partial charge on any atom is 0.165 e. The van der Waals surface area contributed by atoms with E-state index in [2.05, 4.69) is 25.2 Å². The van der Waals surface area contributed by atoms with E-state index in [1.807, 2.05) is 12.1 Å². The first-order valence-electron chi connectivity index (χ1n) is 9.91. The summed E-state index contributed by atoms with van der Waals surface area (Å²) in [6.45, 7) is 6.06. The highest BCUT2D eigenvalue weighted by Gasteiger charge is 2.16. The van der Waals surface area contributed by atoms with Crippen LogP contribution in [0.3, 0.4) is 0 Å². The number of carbonyl (C=O) groups is 1. The molecule has 0 atom stereocenters. The number of carbonyl (C=O) groups excluding carboxylic acids is 1. The molecular weight excluding hydrogens is 393 g/mol. The van der Waals surface area contributed by atoms with Gasteiger partial charge in [0.05, 0.1) is 10.6 Å². The van der Waals surface area contributed by atoms with Gasteiger partial charge in [-0.1, -0.05) is 37.6 Å². The SMILES string of the molecule is CC(C)CCC(=O)c1ccc(CSc2c(Cl)ccc3c2CCNCC3)cc1F. The molecule has 1 N–H and O–H groups in total. The second-order valence-corrected chi connectivity index (χ2v) is 9.12. The lowest BCUT2D eigenvalue weighted by molar-refractivity contribution is 0.0971. The van der Waals surface area contributed by atoms with Gasteiger partial charge in [-0.25, -0.2) is 4.39 Å². The molecule has 2 aromatic rings. The van der Waals surface area contributed by atoms with E-state index in [0.29, 0.717) is 18.1 Å². The van der Waals surface area contributed by atoms with Crippen LogP contribution in [0.1, 0.15) is 53.7 Å². The predicted octanol–water partition coefficient (Wildman–Crippen LogP) is 6.08. The van der Waals surface area contributed by atoms with Gasteiger partial charge in [-0.05, 0) is 73.2 Å². The summed E-state index contributed by atoms with van der Waals surface area (Å²) in [6.07, 6.45) is 3.13. The molecule has 0 unspecified atom stereocenters. The Kier molecular flexibility index (Phi) is 7.55. The molecular formula is C23H27ClFNOS. The van der Waals surface area contributed by atoms with Crippen LogP contribution in [0.15, 0.2) is 35.2 Å². The Balaban J connectivity index is 1.72. The van der Waals surface area contributed by atoms with Crippen molar-refractivity contribution in [2.45, 2.75) is 50.2 Å². The highest BCUT2D eigenvalue weighted by atomic mass is 35.5. The number of thioether (sulfide) groups is 1. The molecule has 1 aliphatic rings. The highest BCUT2D eigenvalue weighted by molar-refractivity contribution is 7.98. The Morgan fingerprint density at radius 2 is 2.00 bits per heavy atom. The number of rotatable bonds is 7. The number of hydrogen-bond donors (Lipinski definition) is 1. The second-order valence-electron chi connectivity index (χ2n) is 7.72. The molecule has 1 aliphatic heterocycles. The van der Waals surface area contributed by atoms with Crippen molar-refractivity contribution >= 4 is 29.1 Å². The molecule has 0 bridgehead atoms. The first-order chi connectivity index (χ1) is 13.5. The largest absolute Gasteiger partial charge is 0.316 e. The van der Waals surface area contributed by atoms with Crippen molar-refractivity contribution in [3.05, 3.63) is 63.4 Å². The van der Waals surface area contributed by atoms with Crippen molar-refractivity contribution in [2.24, 2.45) is 5.92 Å². The summed E-state index contributed by atoms with van der Waals surface area (Å²) < 4.78 is 14.5.